The Balaban J connectivity index is 1.54. The predicted octanol–water partition coefficient (Wildman–Crippen LogP) is 2.47. The number of thiophene rings is 1. The third-order valence-electron chi connectivity index (χ3n) is 4.13. The summed E-state index contributed by atoms with van der Waals surface area (Å²) in [5.41, 5.74) is 1.39. The lowest BCUT2D eigenvalue weighted by atomic mass is 10.1. The van der Waals surface area contributed by atoms with Crippen molar-refractivity contribution in [2.24, 2.45) is 5.92 Å². The molecule has 0 radical (unpaired) electrons. The van der Waals surface area contributed by atoms with Crippen molar-refractivity contribution in [1.29, 1.82) is 0 Å². The highest BCUT2D eigenvalue weighted by Crippen LogP contribution is 2.19. The fourth-order valence-electron chi connectivity index (χ4n) is 3.17. The molecule has 5 nitrogen and oxygen atoms in total. The van der Waals surface area contributed by atoms with E-state index in [0.29, 0.717) is 5.92 Å². The van der Waals surface area contributed by atoms with Crippen LogP contribution >= 0.6 is 11.3 Å². The standard InChI is InChI=1S/C16H19N5S/c1-3-18-21(5-1)11-15-9-19(8-14-2-7-22-13-14)12-16-17-4-6-20(16)10-15/h1-7,13,15H,8-12H2. The molecular formula is C16H19N5S. The number of hydrogen-bond acceptors (Lipinski definition) is 4. The lowest BCUT2D eigenvalue weighted by Gasteiger charge is -2.23. The minimum absolute atomic E-state index is 0.536. The summed E-state index contributed by atoms with van der Waals surface area (Å²) in [6.45, 7) is 4.93. The topological polar surface area (TPSA) is 38.9 Å². The fraction of sp³-hybridized carbons (Fsp3) is 0.375. The van der Waals surface area contributed by atoms with Crippen molar-refractivity contribution in [3.05, 3.63) is 59.1 Å². The maximum atomic E-state index is 4.53. The summed E-state index contributed by atoms with van der Waals surface area (Å²) in [6.07, 6.45) is 7.90. The highest BCUT2D eigenvalue weighted by Gasteiger charge is 2.23. The molecule has 1 aliphatic rings. The number of fused-ring (bicyclic) bond motifs is 1. The molecular weight excluding hydrogens is 294 g/mol. The van der Waals surface area contributed by atoms with E-state index in [0.717, 1.165) is 38.5 Å². The van der Waals surface area contributed by atoms with Crippen molar-refractivity contribution in [3.8, 4) is 0 Å². The number of rotatable bonds is 4. The molecule has 3 aromatic rings. The van der Waals surface area contributed by atoms with Gasteiger partial charge in [-0.15, -0.1) is 0 Å². The smallest absolute Gasteiger partial charge is 0.122 e. The van der Waals surface area contributed by atoms with Crippen molar-refractivity contribution >= 4 is 11.3 Å². The van der Waals surface area contributed by atoms with Gasteiger partial charge >= 0.3 is 0 Å². The average molecular weight is 313 g/mol. The Morgan fingerprint density at radius 1 is 1.23 bits per heavy atom. The highest BCUT2D eigenvalue weighted by molar-refractivity contribution is 7.07. The van der Waals surface area contributed by atoms with E-state index in [1.54, 1.807) is 11.3 Å². The third kappa shape index (κ3) is 2.98. The van der Waals surface area contributed by atoms with E-state index >= 15 is 0 Å². The molecule has 4 heterocycles. The van der Waals surface area contributed by atoms with Crippen LogP contribution in [0.2, 0.25) is 0 Å². The van der Waals surface area contributed by atoms with E-state index in [2.05, 4.69) is 42.6 Å². The van der Waals surface area contributed by atoms with Crippen molar-refractivity contribution in [2.45, 2.75) is 26.2 Å². The van der Waals surface area contributed by atoms with Gasteiger partial charge in [-0.1, -0.05) is 0 Å². The molecule has 0 fully saturated rings. The van der Waals surface area contributed by atoms with Crippen LogP contribution in [0.5, 0.6) is 0 Å². The lowest BCUT2D eigenvalue weighted by molar-refractivity contribution is 0.205. The molecule has 22 heavy (non-hydrogen) atoms. The van der Waals surface area contributed by atoms with Gasteiger partial charge in [0.15, 0.2) is 0 Å². The van der Waals surface area contributed by atoms with Gasteiger partial charge in [0, 0.05) is 56.9 Å². The quantitative estimate of drug-likeness (QED) is 0.743. The maximum Gasteiger partial charge on any atom is 0.122 e. The molecule has 1 aliphatic heterocycles. The average Bonchev–Trinajstić information content (AvgIpc) is 3.22. The summed E-state index contributed by atoms with van der Waals surface area (Å²) in [5.74, 6) is 1.70. The molecule has 0 amide bonds. The van der Waals surface area contributed by atoms with Crippen LogP contribution in [0.15, 0.2) is 47.7 Å². The molecule has 3 aromatic heterocycles. The Morgan fingerprint density at radius 3 is 3.05 bits per heavy atom. The molecule has 0 aromatic carbocycles. The minimum atomic E-state index is 0.536. The molecule has 0 spiro atoms. The lowest BCUT2D eigenvalue weighted by Crippen LogP contribution is -2.30. The highest BCUT2D eigenvalue weighted by atomic mass is 32.1. The first-order valence-electron chi connectivity index (χ1n) is 7.58. The second-order valence-electron chi connectivity index (χ2n) is 5.89. The van der Waals surface area contributed by atoms with Crippen LogP contribution in [0, 0.1) is 5.92 Å². The van der Waals surface area contributed by atoms with Gasteiger partial charge in [0.05, 0.1) is 6.54 Å². The Kier molecular flexibility index (Phi) is 3.78. The summed E-state index contributed by atoms with van der Waals surface area (Å²) in [7, 11) is 0. The van der Waals surface area contributed by atoms with Crippen molar-refractivity contribution in [1.82, 2.24) is 24.2 Å². The van der Waals surface area contributed by atoms with Crippen molar-refractivity contribution in [3.63, 3.8) is 0 Å². The van der Waals surface area contributed by atoms with Gasteiger partial charge < -0.3 is 4.57 Å². The maximum absolute atomic E-state index is 4.53. The van der Waals surface area contributed by atoms with Gasteiger partial charge in [-0.05, 0) is 28.5 Å². The van der Waals surface area contributed by atoms with Crippen LogP contribution in [0.4, 0.5) is 0 Å². The SMILES string of the molecule is c1cnn(CC2CN(Cc3ccsc3)Cc3nccn3C2)c1. The number of imidazole rings is 1. The first kappa shape index (κ1) is 13.7. The Labute approximate surface area is 133 Å². The van der Waals surface area contributed by atoms with E-state index in [1.807, 2.05) is 29.3 Å². The molecule has 1 atom stereocenters. The molecule has 0 saturated carbocycles. The van der Waals surface area contributed by atoms with E-state index < -0.39 is 0 Å². The first-order valence-corrected chi connectivity index (χ1v) is 8.52. The summed E-state index contributed by atoms with van der Waals surface area (Å²) in [5, 5.41) is 8.74. The van der Waals surface area contributed by atoms with Gasteiger partial charge in [0.1, 0.15) is 5.82 Å². The summed E-state index contributed by atoms with van der Waals surface area (Å²) < 4.78 is 4.33. The van der Waals surface area contributed by atoms with E-state index in [-0.39, 0.29) is 0 Å². The molecule has 0 N–H and O–H groups in total. The summed E-state index contributed by atoms with van der Waals surface area (Å²) >= 11 is 1.76. The Bertz CT molecular complexity index is 642. The molecule has 0 saturated heterocycles. The van der Waals surface area contributed by atoms with Gasteiger partial charge in [0.25, 0.3) is 0 Å². The zero-order chi connectivity index (χ0) is 14.8. The van der Waals surface area contributed by atoms with Gasteiger partial charge in [-0.25, -0.2) is 4.98 Å². The second kappa shape index (κ2) is 6.06. The third-order valence-corrected chi connectivity index (χ3v) is 4.86. The predicted molar refractivity (Wildman–Crippen MR) is 86.4 cm³/mol. The van der Waals surface area contributed by atoms with Crippen LogP contribution in [-0.2, 0) is 26.2 Å². The van der Waals surface area contributed by atoms with Crippen LogP contribution < -0.4 is 0 Å². The molecule has 1 unspecified atom stereocenters. The van der Waals surface area contributed by atoms with Gasteiger partial charge in [-0.3, -0.25) is 9.58 Å². The molecule has 0 bridgehead atoms. The van der Waals surface area contributed by atoms with Crippen molar-refractivity contribution in [2.75, 3.05) is 6.54 Å². The van der Waals surface area contributed by atoms with E-state index in [9.17, 15) is 0 Å². The van der Waals surface area contributed by atoms with Crippen molar-refractivity contribution < 1.29 is 0 Å². The monoisotopic (exact) mass is 313 g/mol. The van der Waals surface area contributed by atoms with E-state index in [1.165, 1.54) is 5.56 Å². The molecule has 4 rings (SSSR count). The summed E-state index contributed by atoms with van der Waals surface area (Å²) in [6, 6.07) is 4.20. The Hall–Kier alpha value is -1.92. The van der Waals surface area contributed by atoms with Crippen LogP contribution in [0.1, 0.15) is 11.4 Å². The fourth-order valence-corrected chi connectivity index (χ4v) is 3.83. The molecule has 114 valence electrons. The van der Waals surface area contributed by atoms with E-state index in [4.69, 9.17) is 0 Å². The normalized spacial score (nSPS) is 19.0. The zero-order valence-corrected chi connectivity index (χ0v) is 13.2. The number of hydrogen-bond donors (Lipinski definition) is 0. The van der Waals surface area contributed by atoms with Crippen LogP contribution in [-0.4, -0.2) is 30.8 Å². The largest absolute Gasteiger partial charge is 0.333 e. The van der Waals surface area contributed by atoms with Crippen LogP contribution in [0.25, 0.3) is 0 Å². The second-order valence-corrected chi connectivity index (χ2v) is 6.67. The number of aromatic nitrogens is 4. The zero-order valence-electron chi connectivity index (χ0n) is 12.4. The Morgan fingerprint density at radius 2 is 2.23 bits per heavy atom. The molecule has 0 aliphatic carbocycles. The van der Waals surface area contributed by atoms with Crippen LogP contribution in [0.3, 0.4) is 0 Å². The summed E-state index contributed by atoms with van der Waals surface area (Å²) in [4.78, 5) is 7.03. The first-order chi connectivity index (χ1) is 10.9. The molecule has 6 heteroatoms. The van der Waals surface area contributed by atoms with Gasteiger partial charge in [0.2, 0.25) is 0 Å². The minimum Gasteiger partial charge on any atom is -0.333 e. The number of nitrogens with zero attached hydrogens (tertiary/aromatic N) is 5. The van der Waals surface area contributed by atoms with Gasteiger partial charge in [-0.2, -0.15) is 16.4 Å².